The summed E-state index contributed by atoms with van der Waals surface area (Å²) in [5.41, 5.74) is 0.891. The van der Waals surface area contributed by atoms with Crippen LogP contribution in [0.3, 0.4) is 0 Å². The van der Waals surface area contributed by atoms with Gasteiger partial charge in [-0.25, -0.2) is 9.00 Å². The van der Waals surface area contributed by atoms with Gasteiger partial charge in [0.1, 0.15) is 0 Å². The number of hydrogen-bond acceptors (Lipinski definition) is 4. The van der Waals surface area contributed by atoms with E-state index in [0.29, 0.717) is 32.7 Å². The number of carbonyl (C=O) groups excluding carboxylic acids is 1. The van der Waals surface area contributed by atoms with Gasteiger partial charge in [-0.05, 0) is 48.5 Å². The Bertz CT molecular complexity index is 1320. The molecule has 9 heteroatoms. The molecular weight excluding hydrogens is 441 g/mol. The first kappa shape index (κ1) is 21.8. The Balaban J connectivity index is 1.85. The summed E-state index contributed by atoms with van der Waals surface area (Å²) < 4.78 is 59.3. The van der Waals surface area contributed by atoms with E-state index in [-0.39, 0.29) is 6.42 Å². The van der Waals surface area contributed by atoms with E-state index in [1.165, 1.54) is 29.4 Å². The van der Waals surface area contributed by atoms with E-state index < -0.39 is 28.7 Å². The molecule has 0 saturated carbocycles. The third-order valence-corrected chi connectivity index (χ3v) is 6.31. The second-order valence-electron chi connectivity index (χ2n) is 6.97. The van der Waals surface area contributed by atoms with Crippen LogP contribution in [-0.2, 0) is 28.3 Å². The van der Waals surface area contributed by atoms with E-state index in [4.69, 9.17) is 4.74 Å². The highest BCUT2D eigenvalue weighted by Crippen LogP contribution is 2.33. The minimum atomic E-state index is -4.49. The monoisotopic (exact) mass is 458 g/mol. The van der Waals surface area contributed by atoms with Crippen molar-refractivity contribution in [3.8, 4) is 0 Å². The molecule has 0 aliphatic carbocycles. The minimum absolute atomic E-state index is 0.152. The average molecular weight is 458 g/mol. The summed E-state index contributed by atoms with van der Waals surface area (Å²) in [7, 11) is -0.438. The molecule has 0 bridgehead atoms. The molecule has 164 valence electrons. The third kappa shape index (κ3) is 4.29. The van der Waals surface area contributed by atoms with Crippen LogP contribution in [0.1, 0.15) is 27.3 Å². The highest BCUT2D eigenvalue weighted by molar-refractivity contribution is 7.83. The second-order valence-corrected chi connectivity index (χ2v) is 8.30. The first-order valence-corrected chi connectivity index (χ1v) is 10.6. The summed E-state index contributed by atoms with van der Waals surface area (Å²) in [4.78, 5) is 16.6. The zero-order valence-corrected chi connectivity index (χ0v) is 17.6. The third-order valence-electron chi connectivity index (χ3n) is 4.87. The summed E-state index contributed by atoms with van der Waals surface area (Å²) in [6, 6.07) is 16.6. The maximum atomic E-state index is 13.4. The second kappa shape index (κ2) is 8.58. The molecule has 0 radical (unpaired) electrons. The molecule has 0 fully saturated rings. The smallest absolute Gasteiger partial charge is 0.416 e. The standard InChI is InChI=1S/C23H17F3N2O3S/c1-31-22(29)15-9-10-27-18(12-15)14-19-13-16-11-17(23(24,25)26)7-8-21(16)28(19)32(30)20-5-3-2-4-6-20/h2-13H,14H2,1H3. The molecule has 0 aliphatic rings. The van der Waals surface area contributed by atoms with Gasteiger partial charge in [0.25, 0.3) is 0 Å². The first-order valence-electron chi connectivity index (χ1n) is 9.50. The summed E-state index contributed by atoms with van der Waals surface area (Å²) in [5.74, 6) is -0.531. The largest absolute Gasteiger partial charge is 0.465 e. The number of esters is 1. The highest BCUT2D eigenvalue weighted by atomic mass is 32.2. The zero-order chi connectivity index (χ0) is 22.9. The van der Waals surface area contributed by atoms with Crippen molar-refractivity contribution in [1.29, 1.82) is 0 Å². The number of fused-ring (bicyclic) bond motifs is 1. The van der Waals surface area contributed by atoms with Crippen LogP contribution in [0.15, 0.2) is 77.8 Å². The molecule has 0 N–H and O–H groups in total. The molecule has 2 heterocycles. The number of carbonyl (C=O) groups is 1. The fourth-order valence-electron chi connectivity index (χ4n) is 3.39. The molecule has 5 nitrogen and oxygen atoms in total. The summed E-state index contributed by atoms with van der Waals surface area (Å²) >= 11 is 0. The van der Waals surface area contributed by atoms with Crippen LogP contribution >= 0.6 is 0 Å². The van der Waals surface area contributed by atoms with Crippen LogP contribution < -0.4 is 0 Å². The summed E-state index contributed by atoms with van der Waals surface area (Å²) in [6.07, 6.45) is -2.89. The Morgan fingerprint density at radius 3 is 2.50 bits per heavy atom. The molecular formula is C23H17F3N2O3S. The Kier molecular flexibility index (Phi) is 5.84. The van der Waals surface area contributed by atoms with Crippen molar-refractivity contribution < 1.29 is 26.9 Å². The number of halogens is 3. The van der Waals surface area contributed by atoms with Crippen molar-refractivity contribution in [2.24, 2.45) is 0 Å². The van der Waals surface area contributed by atoms with Gasteiger partial charge in [-0.2, -0.15) is 13.2 Å². The fourth-order valence-corrected chi connectivity index (χ4v) is 4.67. The van der Waals surface area contributed by atoms with Crippen molar-refractivity contribution in [2.45, 2.75) is 17.5 Å². The summed E-state index contributed by atoms with van der Waals surface area (Å²) in [5, 5.41) is 0.309. The number of pyridine rings is 1. The highest BCUT2D eigenvalue weighted by Gasteiger charge is 2.31. The van der Waals surface area contributed by atoms with E-state index in [1.54, 1.807) is 42.5 Å². The van der Waals surface area contributed by atoms with Gasteiger partial charge in [0.15, 0.2) is 11.0 Å². The molecule has 2 aromatic heterocycles. The van der Waals surface area contributed by atoms with Crippen LogP contribution in [0.5, 0.6) is 0 Å². The van der Waals surface area contributed by atoms with Gasteiger partial charge in [-0.15, -0.1) is 0 Å². The Morgan fingerprint density at radius 1 is 1.06 bits per heavy atom. The predicted octanol–water partition coefficient (Wildman–Crippen LogP) is 5.00. The van der Waals surface area contributed by atoms with Crippen molar-refractivity contribution in [2.75, 3.05) is 7.11 Å². The topological polar surface area (TPSA) is 61.2 Å². The maximum absolute atomic E-state index is 13.4. The van der Waals surface area contributed by atoms with E-state index in [1.807, 2.05) is 0 Å². The molecule has 0 spiro atoms. The predicted molar refractivity (Wildman–Crippen MR) is 114 cm³/mol. The number of rotatable bonds is 5. The number of hydrogen-bond donors (Lipinski definition) is 0. The number of nitrogens with zero attached hydrogens (tertiary/aromatic N) is 2. The fraction of sp³-hybridized carbons (Fsp3) is 0.130. The Labute approximate surface area is 184 Å². The van der Waals surface area contributed by atoms with Gasteiger partial charge in [0, 0.05) is 29.4 Å². The number of benzene rings is 2. The van der Waals surface area contributed by atoms with Crippen LogP contribution in [0, 0.1) is 0 Å². The van der Waals surface area contributed by atoms with Gasteiger partial charge in [-0.3, -0.25) is 8.96 Å². The van der Waals surface area contributed by atoms with Gasteiger partial charge in [0.2, 0.25) is 0 Å². The van der Waals surface area contributed by atoms with E-state index in [9.17, 15) is 22.2 Å². The van der Waals surface area contributed by atoms with E-state index in [0.717, 1.165) is 12.1 Å². The van der Waals surface area contributed by atoms with Crippen molar-refractivity contribution in [3.63, 3.8) is 0 Å². The number of alkyl halides is 3. The van der Waals surface area contributed by atoms with Gasteiger partial charge in [0.05, 0.1) is 28.6 Å². The van der Waals surface area contributed by atoms with Gasteiger partial charge < -0.3 is 4.74 Å². The molecule has 0 amide bonds. The first-order chi connectivity index (χ1) is 15.3. The quantitative estimate of drug-likeness (QED) is 0.395. The lowest BCUT2D eigenvalue weighted by Crippen LogP contribution is -2.10. The van der Waals surface area contributed by atoms with Gasteiger partial charge in [-0.1, -0.05) is 18.2 Å². The SMILES string of the molecule is COC(=O)c1ccnc(Cc2cc3cc(C(F)(F)F)ccc3n2S(=O)c2ccccc2)c1. The Morgan fingerprint density at radius 2 is 1.81 bits per heavy atom. The molecule has 4 aromatic rings. The molecule has 32 heavy (non-hydrogen) atoms. The maximum Gasteiger partial charge on any atom is 0.416 e. The Hall–Kier alpha value is -3.46. The van der Waals surface area contributed by atoms with Crippen LogP contribution in [0.2, 0.25) is 0 Å². The van der Waals surface area contributed by atoms with Crippen molar-refractivity contribution in [3.05, 3.63) is 95.4 Å². The summed E-state index contributed by atoms with van der Waals surface area (Å²) in [6.45, 7) is 0. The number of methoxy groups -OCH3 is 1. The zero-order valence-electron chi connectivity index (χ0n) is 16.8. The lowest BCUT2D eigenvalue weighted by Gasteiger charge is -2.11. The molecule has 1 unspecified atom stereocenters. The normalized spacial score (nSPS) is 12.6. The van der Waals surface area contributed by atoms with E-state index in [2.05, 4.69) is 4.98 Å². The average Bonchev–Trinajstić information content (AvgIpc) is 3.15. The number of aromatic nitrogens is 2. The van der Waals surface area contributed by atoms with Crippen LogP contribution in [-0.4, -0.2) is 26.2 Å². The molecule has 2 aromatic carbocycles. The molecule has 0 aliphatic heterocycles. The van der Waals surface area contributed by atoms with E-state index >= 15 is 0 Å². The van der Waals surface area contributed by atoms with Gasteiger partial charge >= 0.3 is 12.1 Å². The molecule has 4 rings (SSSR count). The van der Waals surface area contributed by atoms with Crippen molar-refractivity contribution in [1.82, 2.24) is 8.96 Å². The van der Waals surface area contributed by atoms with Crippen LogP contribution in [0.4, 0.5) is 13.2 Å². The minimum Gasteiger partial charge on any atom is -0.465 e. The lowest BCUT2D eigenvalue weighted by molar-refractivity contribution is -0.137. The van der Waals surface area contributed by atoms with Crippen molar-refractivity contribution >= 4 is 27.9 Å². The number of ether oxygens (including phenoxy) is 1. The molecule has 1 atom stereocenters. The molecule has 0 saturated heterocycles. The van der Waals surface area contributed by atoms with Crippen LogP contribution in [0.25, 0.3) is 10.9 Å². The lowest BCUT2D eigenvalue weighted by atomic mass is 10.1.